The molecule has 1 rings (SSSR count). The van der Waals surface area contributed by atoms with E-state index in [0.29, 0.717) is 13.2 Å². The second-order valence-corrected chi connectivity index (χ2v) is 4.05. The lowest BCUT2D eigenvalue weighted by atomic mass is 10.2. The Labute approximate surface area is 105 Å². The molecule has 0 N–H and O–H groups in total. The number of benzene rings is 1. The SMILES string of the molecule is COCCOc1ccccc1/C=C/CCBr. The van der Waals surface area contributed by atoms with E-state index in [0.717, 1.165) is 23.1 Å². The second-order valence-electron chi connectivity index (χ2n) is 3.26. The average Bonchev–Trinajstić information content (AvgIpc) is 2.32. The number of hydrogen-bond acceptors (Lipinski definition) is 2. The van der Waals surface area contributed by atoms with Crippen molar-refractivity contribution in [1.29, 1.82) is 0 Å². The van der Waals surface area contributed by atoms with Crippen LogP contribution in [0, 0.1) is 0 Å². The zero-order valence-electron chi connectivity index (χ0n) is 9.49. The summed E-state index contributed by atoms with van der Waals surface area (Å²) in [5.74, 6) is 0.908. The van der Waals surface area contributed by atoms with E-state index in [1.165, 1.54) is 0 Å². The minimum Gasteiger partial charge on any atom is -0.491 e. The largest absolute Gasteiger partial charge is 0.491 e. The molecule has 0 aliphatic heterocycles. The van der Waals surface area contributed by atoms with E-state index in [1.54, 1.807) is 7.11 Å². The topological polar surface area (TPSA) is 18.5 Å². The summed E-state index contributed by atoms with van der Waals surface area (Å²) < 4.78 is 10.6. The molecule has 0 spiro atoms. The Hall–Kier alpha value is -0.800. The Balaban J connectivity index is 2.60. The highest BCUT2D eigenvalue weighted by atomic mass is 79.9. The van der Waals surface area contributed by atoms with Crippen molar-refractivity contribution in [2.45, 2.75) is 6.42 Å². The lowest BCUT2D eigenvalue weighted by Gasteiger charge is -2.08. The Kier molecular flexibility index (Phi) is 6.93. The molecule has 16 heavy (non-hydrogen) atoms. The predicted octanol–water partition coefficient (Wildman–Crippen LogP) is 3.51. The van der Waals surface area contributed by atoms with Gasteiger partial charge in [-0.25, -0.2) is 0 Å². The van der Waals surface area contributed by atoms with E-state index in [-0.39, 0.29) is 0 Å². The maximum absolute atomic E-state index is 5.62. The number of rotatable bonds is 7. The predicted molar refractivity (Wildman–Crippen MR) is 71.3 cm³/mol. The molecule has 2 nitrogen and oxygen atoms in total. The van der Waals surface area contributed by atoms with Gasteiger partial charge in [0, 0.05) is 18.0 Å². The molecule has 0 amide bonds. The van der Waals surface area contributed by atoms with Crippen molar-refractivity contribution in [2.75, 3.05) is 25.7 Å². The molecule has 0 atom stereocenters. The molecule has 1 aromatic rings. The van der Waals surface area contributed by atoms with Crippen molar-refractivity contribution < 1.29 is 9.47 Å². The third kappa shape index (κ3) is 4.81. The average molecular weight is 285 g/mol. The maximum atomic E-state index is 5.62. The van der Waals surface area contributed by atoms with Crippen LogP contribution in [-0.4, -0.2) is 25.7 Å². The first-order chi connectivity index (χ1) is 7.88. The molecule has 88 valence electrons. The van der Waals surface area contributed by atoms with Gasteiger partial charge in [-0.1, -0.05) is 46.3 Å². The van der Waals surface area contributed by atoms with Gasteiger partial charge in [0.25, 0.3) is 0 Å². The lowest BCUT2D eigenvalue weighted by molar-refractivity contribution is 0.146. The normalized spacial score (nSPS) is 10.9. The van der Waals surface area contributed by atoms with Crippen LogP contribution in [0.25, 0.3) is 6.08 Å². The van der Waals surface area contributed by atoms with Crippen molar-refractivity contribution in [3.05, 3.63) is 35.9 Å². The molecule has 0 aromatic heterocycles. The molecule has 0 fully saturated rings. The quantitative estimate of drug-likeness (QED) is 0.564. The van der Waals surface area contributed by atoms with Crippen LogP contribution in [-0.2, 0) is 4.74 Å². The van der Waals surface area contributed by atoms with Gasteiger partial charge in [0.05, 0.1) is 6.61 Å². The second kappa shape index (κ2) is 8.36. The van der Waals surface area contributed by atoms with Gasteiger partial charge in [0.15, 0.2) is 0 Å². The van der Waals surface area contributed by atoms with Gasteiger partial charge in [-0.05, 0) is 12.5 Å². The van der Waals surface area contributed by atoms with Crippen molar-refractivity contribution >= 4 is 22.0 Å². The van der Waals surface area contributed by atoms with Gasteiger partial charge in [-0.15, -0.1) is 0 Å². The molecular weight excluding hydrogens is 268 g/mol. The molecular formula is C13H17BrO2. The first kappa shape index (κ1) is 13.3. The fourth-order valence-electron chi connectivity index (χ4n) is 1.26. The first-order valence-electron chi connectivity index (χ1n) is 5.31. The maximum Gasteiger partial charge on any atom is 0.126 e. The third-order valence-corrected chi connectivity index (χ3v) is 2.50. The van der Waals surface area contributed by atoms with Gasteiger partial charge in [-0.2, -0.15) is 0 Å². The molecule has 0 aliphatic carbocycles. The van der Waals surface area contributed by atoms with Gasteiger partial charge in [-0.3, -0.25) is 0 Å². The zero-order chi connectivity index (χ0) is 11.6. The van der Waals surface area contributed by atoms with Crippen molar-refractivity contribution in [3.63, 3.8) is 0 Å². The monoisotopic (exact) mass is 284 g/mol. The summed E-state index contributed by atoms with van der Waals surface area (Å²) in [5, 5.41) is 0.982. The highest BCUT2D eigenvalue weighted by Crippen LogP contribution is 2.19. The minimum atomic E-state index is 0.583. The number of halogens is 1. The lowest BCUT2D eigenvalue weighted by Crippen LogP contribution is -2.04. The number of para-hydroxylation sites is 1. The van der Waals surface area contributed by atoms with E-state index in [2.05, 4.69) is 28.1 Å². The number of alkyl halides is 1. The van der Waals surface area contributed by atoms with Gasteiger partial charge >= 0.3 is 0 Å². The molecule has 3 heteroatoms. The fraction of sp³-hybridized carbons (Fsp3) is 0.385. The minimum absolute atomic E-state index is 0.583. The summed E-state index contributed by atoms with van der Waals surface area (Å²) in [6.07, 6.45) is 5.24. The molecule has 0 saturated carbocycles. The summed E-state index contributed by atoms with van der Waals surface area (Å²) in [4.78, 5) is 0. The summed E-state index contributed by atoms with van der Waals surface area (Å²) in [7, 11) is 1.67. The van der Waals surface area contributed by atoms with Gasteiger partial charge in [0.2, 0.25) is 0 Å². The van der Waals surface area contributed by atoms with Crippen molar-refractivity contribution in [2.24, 2.45) is 0 Å². The highest BCUT2D eigenvalue weighted by Gasteiger charge is 1.98. The third-order valence-electron chi connectivity index (χ3n) is 2.04. The Bertz CT molecular complexity index is 323. The van der Waals surface area contributed by atoms with Crippen LogP contribution in [0.15, 0.2) is 30.3 Å². The Morgan fingerprint density at radius 1 is 1.25 bits per heavy atom. The summed E-state index contributed by atoms with van der Waals surface area (Å²) in [6, 6.07) is 8.01. The van der Waals surface area contributed by atoms with E-state index < -0.39 is 0 Å². The standard InChI is InChI=1S/C13H17BrO2/c1-15-10-11-16-13-8-3-2-6-12(13)7-4-5-9-14/h2-4,6-8H,5,9-11H2,1H3/b7-4+. The van der Waals surface area contributed by atoms with Crippen LogP contribution in [0.3, 0.4) is 0 Å². The summed E-state index contributed by atoms with van der Waals surface area (Å²) >= 11 is 3.39. The van der Waals surface area contributed by atoms with Gasteiger partial charge in [0.1, 0.15) is 12.4 Å². The van der Waals surface area contributed by atoms with Crippen LogP contribution in [0.5, 0.6) is 5.75 Å². The Morgan fingerprint density at radius 3 is 2.81 bits per heavy atom. The van der Waals surface area contributed by atoms with E-state index in [1.807, 2.05) is 24.3 Å². The number of ether oxygens (including phenoxy) is 2. The van der Waals surface area contributed by atoms with Gasteiger partial charge < -0.3 is 9.47 Å². The van der Waals surface area contributed by atoms with Crippen LogP contribution in [0.2, 0.25) is 0 Å². The fourth-order valence-corrected chi connectivity index (χ4v) is 1.52. The molecule has 1 aromatic carbocycles. The van der Waals surface area contributed by atoms with Crippen LogP contribution >= 0.6 is 15.9 Å². The van der Waals surface area contributed by atoms with E-state index >= 15 is 0 Å². The highest BCUT2D eigenvalue weighted by molar-refractivity contribution is 9.09. The molecule has 0 bridgehead atoms. The first-order valence-corrected chi connectivity index (χ1v) is 6.44. The number of hydrogen-bond donors (Lipinski definition) is 0. The van der Waals surface area contributed by atoms with E-state index in [9.17, 15) is 0 Å². The van der Waals surface area contributed by atoms with Crippen molar-refractivity contribution in [1.82, 2.24) is 0 Å². The molecule has 0 aliphatic rings. The van der Waals surface area contributed by atoms with Crippen LogP contribution < -0.4 is 4.74 Å². The summed E-state index contributed by atoms with van der Waals surface area (Å²) in [6.45, 7) is 1.19. The zero-order valence-corrected chi connectivity index (χ0v) is 11.1. The van der Waals surface area contributed by atoms with Crippen molar-refractivity contribution in [3.8, 4) is 5.75 Å². The van der Waals surface area contributed by atoms with Crippen LogP contribution in [0.1, 0.15) is 12.0 Å². The summed E-state index contributed by atoms with van der Waals surface area (Å²) in [5.41, 5.74) is 1.11. The molecule has 0 radical (unpaired) electrons. The number of methoxy groups -OCH3 is 1. The smallest absolute Gasteiger partial charge is 0.126 e. The molecule has 0 saturated heterocycles. The number of allylic oxidation sites excluding steroid dienone is 1. The molecule has 0 unspecified atom stereocenters. The van der Waals surface area contributed by atoms with E-state index in [4.69, 9.17) is 9.47 Å². The Morgan fingerprint density at radius 2 is 2.06 bits per heavy atom. The molecule has 0 heterocycles. The van der Waals surface area contributed by atoms with Crippen LogP contribution in [0.4, 0.5) is 0 Å².